The maximum atomic E-state index is 11.6. The predicted octanol–water partition coefficient (Wildman–Crippen LogP) is 2.74. The van der Waals surface area contributed by atoms with Crippen LogP contribution in [0, 0.1) is 0 Å². The summed E-state index contributed by atoms with van der Waals surface area (Å²) in [5.41, 5.74) is 1.34. The standard InChI is InChI=1S/C14H17N3O2S/c1-3-17(9-11-7-5-6-8-15-11)14-16-12(10-20-14)13(18)19-4-2/h5-8,10H,3-4,9H2,1-2H3. The molecule has 0 amide bonds. The summed E-state index contributed by atoms with van der Waals surface area (Å²) in [5, 5.41) is 2.54. The fourth-order valence-electron chi connectivity index (χ4n) is 1.71. The third kappa shape index (κ3) is 3.54. The van der Waals surface area contributed by atoms with Crippen molar-refractivity contribution in [3.8, 4) is 0 Å². The maximum absolute atomic E-state index is 11.6. The lowest BCUT2D eigenvalue weighted by Crippen LogP contribution is -2.22. The molecule has 5 nitrogen and oxygen atoms in total. The Hall–Kier alpha value is -1.95. The fraction of sp³-hybridized carbons (Fsp3) is 0.357. The van der Waals surface area contributed by atoms with Crippen LogP contribution in [0.3, 0.4) is 0 Å². The van der Waals surface area contributed by atoms with Crippen molar-refractivity contribution in [3.63, 3.8) is 0 Å². The van der Waals surface area contributed by atoms with Crippen LogP contribution in [0.15, 0.2) is 29.8 Å². The molecule has 0 spiro atoms. The number of rotatable bonds is 6. The Bertz CT molecular complexity index is 557. The summed E-state index contributed by atoms with van der Waals surface area (Å²) < 4.78 is 4.95. The lowest BCUT2D eigenvalue weighted by molar-refractivity contribution is 0.0520. The number of carbonyl (C=O) groups is 1. The molecule has 0 aliphatic carbocycles. The van der Waals surface area contributed by atoms with E-state index in [0.717, 1.165) is 17.4 Å². The monoisotopic (exact) mass is 291 g/mol. The molecule has 0 bridgehead atoms. The zero-order chi connectivity index (χ0) is 14.4. The number of hydrogen-bond acceptors (Lipinski definition) is 6. The average molecular weight is 291 g/mol. The number of carbonyl (C=O) groups excluding carboxylic acids is 1. The summed E-state index contributed by atoms with van der Waals surface area (Å²) in [4.78, 5) is 22.3. The molecular weight excluding hydrogens is 274 g/mol. The molecule has 20 heavy (non-hydrogen) atoms. The number of ether oxygens (including phenoxy) is 1. The zero-order valence-electron chi connectivity index (χ0n) is 11.6. The third-order valence-electron chi connectivity index (χ3n) is 2.71. The van der Waals surface area contributed by atoms with Crippen LogP contribution in [0.25, 0.3) is 0 Å². The molecule has 0 aliphatic rings. The minimum absolute atomic E-state index is 0.358. The van der Waals surface area contributed by atoms with Gasteiger partial charge in [-0.1, -0.05) is 6.07 Å². The van der Waals surface area contributed by atoms with Gasteiger partial charge in [0.15, 0.2) is 10.8 Å². The summed E-state index contributed by atoms with van der Waals surface area (Å²) in [5.74, 6) is -0.371. The Morgan fingerprint density at radius 2 is 2.25 bits per heavy atom. The Labute approximate surface area is 122 Å². The van der Waals surface area contributed by atoms with Gasteiger partial charge in [0.05, 0.1) is 18.8 Å². The molecule has 0 atom stereocenters. The summed E-state index contributed by atoms with van der Waals surface area (Å²) in [7, 11) is 0. The first-order chi connectivity index (χ1) is 9.74. The van der Waals surface area contributed by atoms with Crippen LogP contribution in [0.1, 0.15) is 30.0 Å². The molecule has 0 fully saturated rings. The normalized spacial score (nSPS) is 10.3. The molecule has 0 N–H and O–H groups in total. The van der Waals surface area contributed by atoms with Crippen molar-refractivity contribution in [2.75, 3.05) is 18.1 Å². The smallest absolute Gasteiger partial charge is 0.357 e. The highest BCUT2D eigenvalue weighted by atomic mass is 32.1. The summed E-state index contributed by atoms with van der Waals surface area (Å²) >= 11 is 1.44. The van der Waals surface area contributed by atoms with Gasteiger partial charge in [-0.2, -0.15) is 0 Å². The summed E-state index contributed by atoms with van der Waals surface area (Å²) in [6, 6.07) is 5.83. The van der Waals surface area contributed by atoms with Crippen LogP contribution < -0.4 is 4.90 Å². The largest absolute Gasteiger partial charge is 0.461 e. The first-order valence-corrected chi connectivity index (χ1v) is 7.40. The van der Waals surface area contributed by atoms with E-state index in [1.165, 1.54) is 11.3 Å². The predicted molar refractivity (Wildman–Crippen MR) is 79.0 cm³/mol. The number of esters is 1. The van der Waals surface area contributed by atoms with Crippen LogP contribution in [-0.4, -0.2) is 29.1 Å². The molecule has 2 rings (SSSR count). The molecule has 2 aromatic rings. The van der Waals surface area contributed by atoms with Gasteiger partial charge in [0.1, 0.15) is 0 Å². The van der Waals surface area contributed by atoms with Gasteiger partial charge in [-0.25, -0.2) is 9.78 Å². The molecule has 0 aromatic carbocycles. The Kier molecular flexibility index (Phi) is 5.06. The van der Waals surface area contributed by atoms with E-state index in [4.69, 9.17) is 4.74 Å². The van der Waals surface area contributed by atoms with Gasteiger partial charge in [-0.15, -0.1) is 11.3 Å². The van der Waals surface area contributed by atoms with Crippen molar-refractivity contribution in [1.29, 1.82) is 0 Å². The number of anilines is 1. The molecule has 0 aliphatic heterocycles. The van der Waals surface area contributed by atoms with E-state index in [1.54, 1.807) is 18.5 Å². The SMILES string of the molecule is CCOC(=O)c1csc(N(CC)Cc2ccccn2)n1. The number of aromatic nitrogens is 2. The molecule has 0 unspecified atom stereocenters. The van der Waals surface area contributed by atoms with E-state index in [2.05, 4.69) is 14.9 Å². The van der Waals surface area contributed by atoms with E-state index >= 15 is 0 Å². The first-order valence-electron chi connectivity index (χ1n) is 6.52. The van der Waals surface area contributed by atoms with E-state index < -0.39 is 0 Å². The van der Waals surface area contributed by atoms with Crippen LogP contribution in [0.4, 0.5) is 5.13 Å². The zero-order valence-corrected chi connectivity index (χ0v) is 12.4. The van der Waals surface area contributed by atoms with E-state index in [-0.39, 0.29) is 5.97 Å². The number of thiazole rings is 1. The van der Waals surface area contributed by atoms with Gasteiger partial charge >= 0.3 is 5.97 Å². The Morgan fingerprint density at radius 3 is 2.90 bits per heavy atom. The van der Waals surface area contributed by atoms with Crippen LogP contribution in [-0.2, 0) is 11.3 Å². The van der Waals surface area contributed by atoms with Gasteiger partial charge in [-0.05, 0) is 26.0 Å². The van der Waals surface area contributed by atoms with Crippen molar-refractivity contribution in [2.24, 2.45) is 0 Å². The highest BCUT2D eigenvalue weighted by Crippen LogP contribution is 2.22. The number of hydrogen-bond donors (Lipinski definition) is 0. The number of nitrogens with zero attached hydrogens (tertiary/aromatic N) is 3. The molecule has 2 aromatic heterocycles. The minimum Gasteiger partial charge on any atom is -0.461 e. The Balaban J connectivity index is 2.10. The van der Waals surface area contributed by atoms with Crippen molar-refractivity contribution >= 4 is 22.4 Å². The van der Waals surface area contributed by atoms with Crippen LogP contribution in [0.2, 0.25) is 0 Å². The molecule has 0 radical (unpaired) electrons. The van der Waals surface area contributed by atoms with E-state index in [0.29, 0.717) is 18.8 Å². The van der Waals surface area contributed by atoms with Gasteiger partial charge in [-0.3, -0.25) is 4.98 Å². The van der Waals surface area contributed by atoms with Crippen molar-refractivity contribution in [2.45, 2.75) is 20.4 Å². The highest BCUT2D eigenvalue weighted by molar-refractivity contribution is 7.13. The average Bonchev–Trinajstić information content (AvgIpc) is 2.96. The van der Waals surface area contributed by atoms with E-state index in [1.807, 2.05) is 25.1 Å². The third-order valence-corrected chi connectivity index (χ3v) is 3.61. The van der Waals surface area contributed by atoms with Crippen molar-refractivity contribution in [1.82, 2.24) is 9.97 Å². The molecule has 0 saturated carbocycles. The summed E-state index contributed by atoms with van der Waals surface area (Å²) in [6.07, 6.45) is 1.77. The fourth-order valence-corrected chi connectivity index (χ4v) is 2.57. The second-order valence-corrected chi connectivity index (χ2v) is 4.91. The minimum atomic E-state index is -0.371. The molecular formula is C14H17N3O2S. The van der Waals surface area contributed by atoms with Gasteiger partial charge in [0.25, 0.3) is 0 Å². The molecule has 106 valence electrons. The van der Waals surface area contributed by atoms with Crippen LogP contribution >= 0.6 is 11.3 Å². The van der Waals surface area contributed by atoms with Crippen molar-refractivity contribution in [3.05, 3.63) is 41.2 Å². The van der Waals surface area contributed by atoms with Crippen LogP contribution in [0.5, 0.6) is 0 Å². The quantitative estimate of drug-likeness (QED) is 0.766. The Morgan fingerprint density at radius 1 is 1.40 bits per heavy atom. The maximum Gasteiger partial charge on any atom is 0.357 e. The second-order valence-electron chi connectivity index (χ2n) is 4.07. The highest BCUT2D eigenvalue weighted by Gasteiger charge is 2.15. The van der Waals surface area contributed by atoms with Gasteiger partial charge in [0.2, 0.25) is 0 Å². The van der Waals surface area contributed by atoms with E-state index in [9.17, 15) is 4.79 Å². The topological polar surface area (TPSA) is 55.3 Å². The molecule has 6 heteroatoms. The van der Waals surface area contributed by atoms with Crippen molar-refractivity contribution < 1.29 is 9.53 Å². The first kappa shape index (κ1) is 14.5. The molecule has 0 saturated heterocycles. The van der Waals surface area contributed by atoms with Gasteiger partial charge in [0, 0.05) is 18.1 Å². The summed E-state index contributed by atoms with van der Waals surface area (Å²) in [6.45, 7) is 5.66. The number of pyridine rings is 1. The van der Waals surface area contributed by atoms with Gasteiger partial charge < -0.3 is 9.64 Å². The second kappa shape index (κ2) is 7.00. The lowest BCUT2D eigenvalue weighted by Gasteiger charge is -2.18. The molecule has 2 heterocycles. The lowest BCUT2D eigenvalue weighted by atomic mass is 10.3.